The van der Waals surface area contributed by atoms with Crippen LogP contribution in [0.2, 0.25) is 0 Å². The molecule has 0 radical (unpaired) electrons. The van der Waals surface area contributed by atoms with Gasteiger partial charge in [0.25, 0.3) is 0 Å². The Hall–Kier alpha value is -0.980. The van der Waals surface area contributed by atoms with Crippen molar-refractivity contribution in [1.29, 1.82) is 0 Å². The first-order valence-corrected chi connectivity index (χ1v) is 5.29. The molecule has 0 spiro atoms. The third kappa shape index (κ3) is 3.41. The third-order valence-electron chi connectivity index (χ3n) is 2.01. The van der Waals surface area contributed by atoms with Gasteiger partial charge in [0.1, 0.15) is 5.75 Å². The number of hydrogen-bond acceptors (Lipinski definition) is 1. The van der Waals surface area contributed by atoms with Crippen molar-refractivity contribution in [1.82, 2.24) is 0 Å². The highest BCUT2D eigenvalue weighted by Crippen LogP contribution is 2.26. The fourth-order valence-corrected chi connectivity index (χ4v) is 1.30. The van der Waals surface area contributed by atoms with Gasteiger partial charge in [-0.2, -0.15) is 0 Å². The Labute approximate surface area is 88.1 Å². The Morgan fingerprint density at radius 3 is 2.14 bits per heavy atom. The number of ether oxygens (including phenoxy) is 1. The highest BCUT2D eigenvalue weighted by Gasteiger charge is 2.05. The first-order chi connectivity index (χ1) is 6.65. The molecule has 1 aromatic rings. The average Bonchev–Trinajstić information content (AvgIpc) is 2.20. The van der Waals surface area contributed by atoms with Crippen molar-refractivity contribution in [2.75, 3.05) is 7.11 Å². The maximum atomic E-state index is 5.29. The monoisotopic (exact) mass is 194 g/mol. The van der Waals surface area contributed by atoms with E-state index in [0.29, 0.717) is 5.92 Å². The van der Waals surface area contributed by atoms with Gasteiger partial charge in [-0.3, -0.25) is 0 Å². The zero-order valence-electron chi connectivity index (χ0n) is 10.2. The average molecular weight is 194 g/mol. The maximum absolute atomic E-state index is 5.29. The molecule has 0 unspecified atom stereocenters. The van der Waals surface area contributed by atoms with E-state index in [1.807, 2.05) is 13.8 Å². The summed E-state index contributed by atoms with van der Waals surface area (Å²) in [4.78, 5) is 0. The van der Waals surface area contributed by atoms with Crippen molar-refractivity contribution in [2.24, 2.45) is 0 Å². The largest absolute Gasteiger partial charge is 0.496 e. The minimum Gasteiger partial charge on any atom is -0.496 e. The van der Waals surface area contributed by atoms with E-state index in [0.717, 1.165) is 5.75 Å². The topological polar surface area (TPSA) is 9.23 Å². The van der Waals surface area contributed by atoms with Crippen LogP contribution < -0.4 is 4.74 Å². The van der Waals surface area contributed by atoms with Gasteiger partial charge in [-0.05, 0) is 30.0 Å². The second kappa shape index (κ2) is 6.47. The van der Waals surface area contributed by atoms with Crippen LogP contribution in [-0.4, -0.2) is 7.11 Å². The minimum atomic E-state index is 0.528. The molecule has 80 valence electrons. The van der Waals surface area contributed by atoms with Crippen molar-refractivity contribution >= 4 is 0 Å². The smallest absolute Gasteiger partial charge is 0.122 e. The first kappa shape index (κ1) is 13.0. The molecule has 0 amide bonds. The van der Waals surface area contributed by atoms with Crippen molar-refractivity contribution in [3.05, 3.63) is 29.3 Å². The summed E-state index contributed by atoms with van der Waals surface area (Å²) in [5, 5.41) is 0. The molecule has 0 N–H and O–H groups in total. The van der Waals surface area contributed by atoms with Crippen molar-refractivity contribution in [2.45, 2.75) is 40.5 Å². The number of methoxy groups -OCH3 is 1. The Balaban J connectivity index is 0.000000791. The second-order valence-electron chi connectivity index (χ2n) is 3.40. The zero-order valence-corrected chi connectivity index (χ0v) is 10.2. The quantitative estimate of drug-likeness (QED) is 0.687. The summed E-state index contributed by atoms with van der Waals surface area (Å²) < 4.78 is 5.29. The molecular weight excluding hydrogens is 172 g/mol. The predicted molar refractivity (Wildman–Crippen MR) is 63.2 cm³/mol. The van der Waals surface area contributed by atoms with Gasteiger partial charge in [0, 0.05) is 0 Å². The summed E-state index contributed by atoms with van der Waals surface area (Å²) in [6, 6.07) is 6.34. The highest BCUT2D eigenvalue weighted by atomic mass is 16.5. The summed E-state index contributed by atoms with van der Waals surface area (Å²) >= 11 is 0. The van der Waals surface area contributed by atoms with E-state index < -0.39 is 0 Å². The van der Waals surface area contributed by atoms with E-state index in [1.54, 1.807) is 7.11 Å². The van der Waals surface area contributed by atoms with Gasteiger partial charge >= 0.3 is 0 Å². The van der Waals surface area contributed by atoms with Gasteiger partial charge in [-0.25, -0.2) is 0 Å². The van der Waals surface area contributed by atoms with Crippen molar-refractivity contribution < 1.29 is 4.74 Å². The van der Waals surface area contributed by atoms with E-state index in [1.165, 1.54) is 11.1 Å². The summed E-state index contributed by atoms with van der Waals surface area (Å²) in [5.41, 5.74) is 2.53. The molecule has 0 fully saturated rings. The van der Waals surface area contributed by atoms with E-state index in [2.05, 4.69) is 39.0 Å². The molecule has 0 saturated heterocycles. The number of rotatable bonds is 2. The molecule has 0 heterocycles. The Morgan fingerprint density at radius 2 is 1.71 bits per heavy atom. The van der Waals surface area contributed by atoms with E-state index >= 15 is 0 Å². The lowest BCUT2D eigenvalue weighted by Gasteiger charge is -2.11. The lowest BCUT2D eigenvalue weighted by Crippen LogP contribution is -1.94. The summed E-state index contributed by atoms with van der Waals surface area (Å²) in [6.07, 6.45) is 0. The molecule has 0 aliphatic heterocycles. The molecule has 0 bridgehead atoms. The van der Waals surface area contributed by atoms with Gasteiger partial charge in [-0.15, -0.1) is 0 Å². The summed E-state index contributed by atoms with van der Waals surface area (Å²) in [7, 11) is 1.72. The van der Waals surface area contributed by atoms with Crippen LogP contribution in [-0.2, 0) is 0 Å². The lowest BCUT2D eigenvalue weighted by molar-refractivity contribution is 0.407. The Bertz CT molecular complexity index is 264. The van der Waals surface area contributed by atoms with E-state index in [-0.39, 0.29) is 0 Å². The molecule has 1 nitrogen and oxygen atoms in total. The van der Waals surface area contributed by atoms with Crippen LogP contribution >= 0.6 is 0 Å². The normalized spacial score (nSPS) is 9.36. The molecule has 0 saturated carbocycles. The maximum Gasteiger partial charge on any atom is 0.122 e. The van der Waals surface area contributed by atoms with E-state index in [9.17, 15) is 0 Å². The molecule has 0 aliphatic carbocycles. The Kier molecular flexibility index (Phi) is 6.02. The van der Waals surface area contributed by atoms with Crippen LogP contribution in [0.4, 0.5) is 0 Å². The molecule has 1 heteroatoms. The van der Waals surface area contributed by atoms with Gasteiger partial charge in [-0.1, -0.05) is 39.8 Å². The molecule has 1 aromatic carbocycles. The SMILES string of the molecule is CC.COc1cc(C)ccc1C(C)C. The molecule has 0 aromatic heterocycles. The van der Waals surface area contributed by atoms with Crippen LogP contribution in [0.25, 0.3) is 0 Å². The Morgan fingerprint density at radius 1 is 1.14 bits per heavy atom. The first-order valence-electron chi connectivity index (χ1n) is 5.29. The summed E-state index contributed by atoms with van der Waals surface area (Å²) in [6.45, 7) is 10.4. The second-order valence-corrected chi connectivity index (χ2v) is 3.40. The number of benzene rings is 1. The molecular formula is C13H22O. The summed E-state index contributed by atoms with van der Waals surface area (Å²) in [5.74, 6) is 1.53. The fraction of sp³-hybridized carbons (Fsp3) is 0.538. The molecule has 0 aliphatic rings. The van der Waals surface area contributed by atoms with Gasteiger partial charge in [0.2, 0.25) is 0 Å². The number of hydrogen-bond donors (Lipinski definition) is 0. The molecule has 1 rings (SSSR count). The zero-order chi connectivity index (χ0) is 11.1. The van der Waals surface area contributed by atoms with Gasteiger partial charge in [0.15, 0.2) is 0 Å². The van der Waals surface area contributed by atoms with Crippen LogP contribution in [0, 0.1) is 6.92 Å². The van der Waals surface area contributed by atoms with Crippen LogP contribution in [0.3, 0.4) is 0 Å². The fourth-order valence-electron chi connectivity index (χ4n) is 1.30. The van der Waals surface area contributed by atoms with Crippen molar-refractivity contribution in [3.63, 3.8) is 0 Å². The van der Waals surface area contributed by atoms with Crippen LogP contribution in [0.1, 0.15) is 44.7 Å². The third-order valence-corrected chi connectivity index (χ3v) is 2.01. The predicted octanol–water partition coefficient (Wildman–Crippen LogP) is 4.15. The number of aryl methyl sites for hydroxylation is 1. The van der Waals surface area contributed by atoms with E-state index in [4.69, 9.17) is 4.74 Å². The van der Waals surface area contributed by atoms with Gasteiger partial charge in [0.05, 0.1) is 7.11 Å². The minimum absolute atomic E-state index is 0.528. The highest BCUT2D eigenvalue weighted by molar-refractivity contribution is 5.38. The van der Waals surface area contributed by atoms with Crippen LogP contribution in [0.15, 0.2) is 18.2 Å². The van der Waals surface area contributed by atoms with Gasteiger partial charge < -0.3 is 4.74 Å². The molecule has 0 atom stereocenters. The standard InChI is InChI=1S/C11H16O.C2H6/c1-8(2)10-6-5-9(3)7-11(10)12-4;1-2/h5-8H,1-4H3;1-2H3. The lowest BCUT2D eigenvalue weighted by atomic mass is 10.0. The van der Waals surface area contributed by atoms with Crippen LogP contribution in [0.5, 0.6) is 5.75 Å². The van der Waals surface area contributed by atoms with Crippen molar-refractivity contribution in [3.8, 4) is 5.75 Å². The molecule has 14 heavy (non-hydrogen) atoms.